The zero-order valence-electron chi connectivity index (χ0n) is 13.9. The Kier molecular flexibility index (Phi) is 4.22. The van der Waals surface area contributed by atoms with Crippen LogP contribution in [0.5, 0.6) is 0 Å². The number of rotatable bonds is 3. The normalized spacial score (nSPS) is 17.6. The van der Waals surface area contributed by atoms with Gasteiger partial charge in [-0.25, -0.2) is 9.97 Å². The second-order valence-corrected chi connectivity index (χ2v) is 7.58. The quantitative estimate of drug-likeness (QED) is 0.927. The molecule has 4 rings (SSSR count). The number of aryl methyl sites for hydroxylation is 1. The van der Waals surface area contributed by atoms with Gasteiger partial charge in [0, 0.05) is 30.6 Å². The predicted octanol–water partition coefficient (Wildman–Crippen LogP) is 3.51. The fourth-order valence-corrected chi connectivity index (χ4v) is 4.57. The second-order valence-electron chi connectivity index (χ2n) is 6.69. The van der Waals surface area contributed by atoms with Crippen LogP contribution in [0.4, 0.5) is 11.5 Å². The lowest BCUT2D eigenvalue weighted by molar-refractivity contribution is -0.118. The van der Waals surface area contributed by atoms with E-state index in [0.29, 0.717) is 18.9 Å². The van der Waals surface area contributed by atoms with Crippen LogP contribution in [0.15, 0.2) is 17.6 Å². The van der Waals surface area contributed by atoms with Crippen LogP contribution in [-0.4, -0.2) is 29.0 Å². The Labute approximate surface area is 146 Å². The Bertz CT molecular complexity index is 751. The highest BCUT2D eigenvalue weighted by Gasteiger charge is 2.25. The zero-order valence-corrected chi connectivity index (χ0v) is 14.7. The number of nitrogens with zero attached hydrogens (tertiary/aromatic N) is 3. The van der Waals surface area contributed by atoms with Crippen LogP contribution >= 0.6 is 11.3 Å². The summed E-state index contributed by atoms with van der Waals surface area (Å²) in [7, 11) is 0. The number of thiazole rings is 1. The van der Waals surface area contributed by atoms with Crippen molar-refractivity contribution in [2.24, 2.45) is 0 Å². The molecule has 24 heavy (non-hydrogen) atoms. The van der Waals surface area contributed by atoms with Crippen molar-refractivity contribution in [1.29, 1.82) is 0 Å². The number of anilines is 2. The minimum atomic E-state index is 0.105. The zero-order chi connectivity index (χ0) is 16.5. The van der Waals surface area contributed by atoms with Gasteiger partial charge in [-0.05, 0) is 31.4 Å². The molecule has 0 bridgehead atoms. The Hall–Kier alpha value is -1.95. The van der Waals surface area contributed by atoms with Crippen LogP contribution < -0.4 is 10.2 Å². The molecule has 0 saturated heterocycles. The largest absolute Gasteiger partial charge is 0.367 e. The summed E-state index contributed by atoms with van der Waals surface area (Å²) in [6.45, 7) is 3.41. The van der Waals surface area contributed by atoms with Crippen LogP contribution in [0.3, 0.4) is 0 Å². The number of pyridine rings is 1. The average Bonchev–Trinajstić information content (AvgIpc) is 3.25. The van der Waals surface area contributed by atoms with E-state index in [4.69, 9.17) is 4.98 Å². The Balaban J connectivity index is 1.50. The molecule has 2 aliphatic rings. The van der Waals surface area contributed by atoms with Crippen molar-refractivity contribution in [2.75, 3.05) is 23.3 Å². The summed E-state index contributed by atoms with van der Waals surface area (Å²) in [6.07, 6.45) is 7.31. The molecular formula is C18H22N4OS. The highest BCUT2D eigenvalue weighted by molar-refractivity contribution is 7.09. The molecule has 0 radical (unpaired) electrons. The van der Waals surface area contributed by atoms with Gasteiger partial charge in [0.15, 0.2) is 0 Å². The van der Waals surface area contributed by atoms with E-state index in [-0.39, 0.29) is 5.91 Å². The molecule has 5 nitrogen and oxygen atoms in total. The van der Waals surface area contributed by atoms with Crippen molar-refractivity contribution < 1.29 is 4.79 Å². The van der Waals surface area contributed by atoms with Crippen LogP contribution in [-0.2, 0) is 11.2 Å². The lowest BCUT2D eigenvalue weighted by Crippen LogP contribution is -2.40. The number of fused-ring (bicyclic) bond motifs is 1. The van der Waals surface area contributed by atoms with Gasteiger partial charge in [0.25, 0.3) is 0 Å². The van der Waals surface area contributed by atoms with Crippen molar-refractivity contribution in [3.05, 3.63) is 33.9 Å². The van der Waals surface area contributed by atoms with Gasteiger partial charge < -0.3 is 10.2 Å². The van der Waals surface area contributed by atoms with E-state index in [1.54, 1.807) is 11.3 Å². The third-order valence-electron chi connectivity index (χ3n) is 4.83. The summed E-state index contributed by atoms with van der Waals surface area (Å²) in [6, 6.07) is 2.03. The molecule has 3 heterocycles. The van der Waals surface area contributed by atoms with Crippen LogP contribution in [0.25, 0.3) is 0 Å². The number of carbonyl (C=O) groups excluding carboxylic acids is 1. The summed E-state index contributed by atoms with van der Waals surface area (Å²) < 4.78 is 0. The van der Waals surface area contributed by atoms with E-state index in [2.05, 4.69) is 15.7 Å². The van der Waals surface area contributed by atoms with Gasteiger partial charge >= 0.3 is 0 Å². The third kappa shape index (κ3) is 3.02. The summed E-state index contributed by atoms with van der Waals surface area (Å²) in [5.74, 6) is 1.52. The fraction of sp³-hybridized carbons (Fsp3) is 0.500. The molecule has 0 aromatic carbocycles. The van der Waals surface area contributed by atoms with Gasteiger partial charge in [0.1, 0.15) is 5.82 Å². The number of aromatic nitrogens is 2. The Morgan fingerprint density at radius 2 is 2.25 bits per heavy atom. The molecule has 1 fully saturated rings. The van der Waals surface area contributed by atoms with Gasteiger partial charge in [-0.3, -0.25) is 4.79 Å². The van der Waals surface area contributed by atoms with Gasteiger partial charge in [0.2, 0.25) is 5.91 Å². The smallest absolute Gasteiger partial charge is 0.233 e. The van der Waals surface area contributed by atoms with Gasteiger partial charge in [-0.1, -0.05) is 12.8 Å². The molecule has 1 aliphatic heterocycles. The average molecular weight is 342 g/mol. The first-order valence-corrected chi connectivity index (χ1v) is 9.54. The number of hydrogen-bond donors (Lipinski definition) is 1. The van der Waals surface area contributed by atoms with Gasteiger partial charge in [-0.15, -0.1) is 11.3 Å². The van der Waals surface area contributed by atoms with Crippen molar-refractivity contribution in [3.63, 3.8) is 0 Å². The maximum Gasteiger partial charge on any atom is 0.233 e. The molecule has 6 heteroatoms. The molecule has 2 aromatic heterocycles. The van der Waals surface area contributed by atoms with Gasteiger partial charge in [-0.2, -0.15) is 0 Å². The van der Waals surface area contributed by atoms with Crippen LogP contribution in [0.2, 0.25) is 0 Å². The maximum absolute atomic E-state index is 12.8. The topological polar surface area (TPSA) is 58.1 Å². The van der Waals surface area contributed by atoms with Crippen LogP contribution in [0.1, 0.15) is 47.9 Å². The second kappa shape index (κ2) is 6.51. The van der Waals surface area contributed by atoms with Crippen molar-refractivity contribution >= 4 is 28.7 Å². The lowest BCUT2D eigenvalue weighted by Gasteiger charge is -2.29. The summed E-state index contributed by atoms with van der Waals surface area (Å²) in [4.78, 5) is 23.8. The number of carbonyl (C=O) groups is 1. The SMILES string of the molecule is Cc1cnc2c(c1)N(C(=O)Cc1csc(C3CCCC3)n1)CCN2. The summed E-state index contributed by atoms with van der Waals surface area (Å²) in [5, 5.41) is 6.54. The summed E-state index contributed by atoms with van der Waals surface area (Å²) >= 11 is 1.72. The molecule has 126 valence electrons. The highest BCUT2D eigenvalue weighted by Crippen LogP contribution is 2.36. The van der Waals surface area contributed by atoms with Crippen molar-refractivity contribution in [1.82, 2.24) is 9.97 Å². The van der Waals surface area contributed by atoms with E-state index < -0.39 is 0 Å². The molecule has 1 saturated carbocycles. The first-order valence-electron chi connectivity index (χ1n) is 8.66. The van der Waals surface area contributed by atoms with E-state index >= 15 is 0 Å². The minimum Gasteiger partial charge on any atom is -0.367 e. The highest BCUT2D eigenvalue weighted by atomic mass is 32.1. The molecule has 0 spiro atoms. The number of hydrogen-bond acceptors (Lipinski definition) is 5. The van der Waals surface area contributed by atoms with Gasteiger partial charge in [0.05, 0.1) is 22.8 Å². The van der Waals surface area contributed by atoms with E-state index in [9.17, 15) is 4.79 Å². The van der Waals surface area contributed by atoms with Crippen molar-refractivity contribution in [3.8, 4) is 0 Å². The fourth-order valence-electron chi connectivity index (χ4n) is 3.58. The van der Waals surface area contributed by atoms with E-state index in [0.717, 1.165) is 29.3 Å². The third-order valence-corrected chi connectivity index (χ3v) is 5.89. The standard InChI is InChI=1S/C18H22N4OS/c1-12-8-15-17(20-10-12)19-6-7-22(15)16(23)9-14-11-24-18(21-14)13-4-2-3-5-13/h8,10-11,13H,2-7,9H2,1H3,(H,19,20). The first-order chi connectivity index (χ1) is 11.7. The molecular weight excluding hydrogens is 320 g/mol. The monoisotopic (exact) mass is 342 g/mol. The van der Waals surface area contributed by atoms with Crippen molar-refractivity contribution in [2.45, 2.75) is 44.9 Å². The first kappa shape index (κ1) is 15.6. The molecule has 0 atom stereocenters. The number of amides is 1. The molecule has 1 amide bonds. The maximum atomic E-state index is 12.8. The molecule has 1 aliphatic carbocycles. The van der Waals surface area contributed by atoms with E-state index in [1.165, 1.54) is 30.7 Å². The minimum absolute atomic E-state index is 0.105. The van der Waals surface area contributed by atoms with Crippen LogP contribution in [0, 0.1) is 6.92 Å². The molecule has 0 unspecified atom stereocenters. The number of nitrogens with one attached hydrogen (secondary N) is 1. The summed E-state index contributed by atoms with van der Waals surface area (Å²) in [5.41, 5.74) is 2.86. The Morgan fingerprint density at radius 3 is 3.08 bits per heavy atom. The Morgan fingerprint density at radius 1 is 1.42 bits per heavy atom. The predicted molar refractivity (Wildman–Crippen MR) is 96.8 cm³/mol. The molecule has 2 aromatic rings. The van der Waals surface area contributed by atoms with E-state index in [1.807, 2.05) is 24.1 Å². The molecule has 1 N–H and O–H groups in total. The lowest BCUT2D eigenvalue weighted by atomic mass is 10.1.